The lowest BCUT2D eigenvalue weighted by atomic mass is 10.2. The number of aryl methyl sites for hydroxylation is 1. The molecule has 0 aliphatic heterocycles. The highest BCUT2D eigenvalue weighted by atomic mass is 32.2. The summed E-state index contributed by atoms with van der Waals surface area (Å²) in [6.07, 6.45) is 0.628. The van der Waals surface area contributed by atoms with Crippen LogP contribution in [0.3, 0.4) is 0 Å². The van der Waals surface area contributed by atoms with Crippen molar-refractivity contribution < 1.29 is 17.9 Å². The summed E-state index contributed by atoms with van der Waals surface area (Å²) in [7, 11) is -3.87. The highest BCUT2D eigenvalue weighted by Crippen LogP contribution is 2.22. The molecule has 1 aromatic carbocycles. The molecule has 0 heterocycles. The average Bonchev–Trinajstić information content (AvgIpc) is 2.35. The highest BCUT2D eigenvalue weighted by molar-refractivity contribution is 7.96. The molecule has 18 heavy (non-hydrogen) atoms. The summed E-state index contributed by atoms with van der Waals surface area (Å²) in [6, 6.07) is 6.44. The lowest BCUT2D eigenvalue weighted by molar-refractivity contribution is -0.138. The summed E-state index contributed by atoms with van der Waals surface area (Å²) in [5.41, 5.74) is 0.571. The number of hydrogen-bond acceptors (Lipinski definition) is 4. The molecule has 0 aliphatic rings. The molecule has 0 unspecified atom stereocenters. The Labute approximate surface area is 107 Å². The maximum absolute atomic E-state index is 12.2. The molecule has 0 saturated carbocycles. The van der Waals surface area contributed by atoms with Gasteiger partial charge in [-0.1, -0.05) is 31.7 Å². The second-order valence-electron chi connectivity index (χ2n) is 3.83. The zero-order valence-electron chi connectivity index (χ0n) is 10.5. The fraction of sp³-hybridized carbons (Fsp3) is 0.308. The Morgan fingerprint density at radius 2 is 1.94 bits per heavy atom. The first-order valence-electron chi connectivity index (χ1n) is 5.58. The molecule has 0 radical (unpaired) electrons. The van der Waals surface area contributed by atoms with E-state index in [4.69, 9.17) is 4.74 Å². The summed E-state index contributed by atoms with van der Waals surface area (Å²) >= 11 is 0. The van der Waals surface area contributed by atoms with Gasteiger partial charge in [-0.3, -0.25) is 0 Å². The van der Waals surface area contributed by atoms with Gasteiger partial charge in [0.25, 0.3) is 0 Å². The van der Waals surface area contributed by atoms with Crippen molar-refractivity contribution in [1.82, 2.24) is 0 Å². The van der Waals surface area contributed by atoms with Crippen LogP contribution in [0, 0.1) is 6.92 Å². The molecule has 1 aromatic rings. The largest absolute Gasteiger partial charge is 0.462 e. The van der Waals surface area contributed by atoms with Crippen molar-refractivity contribution in [2.45, 2.75) is 25.2 Å². The van der Waals surface area contributed by atoms with Gasteiger partial charge in [0.2, 0.25) is 9.84 Å². The zero-order chi connectivity index (χ0) is 13.8. The number of carbonyl (C=O) groups excluding carboxylic acids is 1. The molecule has 0 aromatic heterocycles. The first-order chi connectivity index (χ1) is 8.41. The Morgan fingerprint density at radius 1 is 1.33 bits per heavy atom. The molecule has 98 valence electrons. The van der Waals surface area contributed by atoms with Crippen molar-refractivity contribution in [3.63, 3.8) is 0 Å². The summed E-state index contributed by atoms with van der Waals surface area (Å²) in [4.78, 5) is 11.1. The van der Waals surface area contributed by atoms with E-state index >= 15 is 0 Å². The van der Waals surface area contributed by atoms with Crippen LogP contribution < -0.4 is 0 Å². The van der Waals surface area contributed by atoms with Crippen LogP contribution >= 0.6 is 0 Å². The first kappa shape index (κ1) is 14.4. The van der Waals surface area contributed by atoms with Gasteiger partial charge >= 0.3 is 5.97 Å². The molecule has 0 bridgehead atoms. The van der Waals surface area contributed by atoms with E-state index in [2.05, 4.69) is 6.58 Å². The fourth-order valence-electron chi connectivity index (χ4n) is 1.38. The molecule has 5 heteroatoms. The minimum atomic E-state index is -3.87. The van der Waals surface area contributed by atoms with E-state index in [0.29, 0.717) is 12.0 Å². The van der Waals surface area contributed by atoms with Crippen LogP contribution in [0.25, 0.3) is 0 Å². The monoisotopic (exact) mass is 268 g/mol. The smallest absolute Gasteiger partial charge is 0.349 e. The molecular weight excluding hydrogens is 252 g/mol. The van der Waals surface area contributed by atoms with E-state index in [1.54, 1.807) is 25.1 Å². The Hall–Kier alpha value is -1.62. The number of carbonyl (C=O) groups is 1. The summed E-state index contributed by atoms with van der Waals surface area (Å²) < 4.78 is 29.1. The van der Waals surface area contributed by atoms with Crippen molar-refractivity contribution in [2.75, 3.05) is 6.61 Å². The Balaban J connectivity index is 3.05. The standard InChI is InChI=1S/C13H16O4S/c1-4-9-17-13(14)11(3)18(15,16)12-8-6-5-7-10(12)2/h5-8H,3-4,9H2,1-2H3. The van der Waals surface area contributed by atoms with E-state index in [0.717, 1.165) is 0 Å². The molecule has 0 fully saturated rings. The SMILES string of the molecule is C=C(C(=O)OCCC)S(=O)(=O)c1ccccc1C. The van der Waals surface area contributed by atoms with Crippen LogP contribution in [-0.4, -0.2) is 21.0 Å². The van der Waals surface area contributed by atoms with Crippen LogP contribution in [0.15, 0.2) is 40.6 Å². The van der Waals surface area contributed by atoms with E-state index in [9.17, 15) is 13.2 Å². The third-order valence-electron chi connectivity index (χ3n) is 2.37. The predicted molar refractivity (Wildman–Crippen MR) is 68.8 cm³/mol. The Bertz CT molecular complexity index is 558. The molecule has 0 N–H and O–H groups in total. The zero-order valence-corrected chi connectivity index (χ0v) is 11.3. The highest BCUT2D eigenvalue weighted by Gasteiger charge is 2.27. The number of ether oxygens (including phenoxy) is 1. The average molecular weight is 268 g/mol. The molecule has 0 spiro atoms. The summed E-state index contributed by atoms with van der Waals surface area (Å²) in [6.45, 7) is 7.01. The molecule has 0 saturated heterocycles. The normalized spacial score (nSPS) is 11.0. The van der Waals surface area contributed by atoms with Crippen molar-refractivity contribution in [3.8, 4) is 0 Å². The van der Waals surface area contributed by atoms with E-state index in [1.807, 2.05) is 6.92 Å². The van der Waals surface area contributed by atoms with E-state index < -0.39 is 20.7 Å². The van der Waals surface area contributed by atoms with Crippen molar-refractivity contribution in [3.05, 3.63) is 41.3 Å². The van der Waals surface area contributed by atoms with Gasteiger partial charge in [-0.05, 0) is 25.0 Å². The molecule has 0 atom stereocenters. The predicted octanol–water partition coefficient (Wildman–Crippen LogP) is 2.24. The van der Waals surface area contributed by atoms with Crippen LogP contribution in [0.1, 0.15) is 18.9 Å². The van der Waals surface area contributed by atoms with Crippen LogP contribution in [0.5, 0.6) is 0 Å². The second kappa shape index (κ2) is 5.82. The first-order valence-corrected chi connectivity index (χ1v) is 7.06. The van der Waals surface area contributed by atoms with Crippen LogP contribution in [-0.2, 0) is 19.4 Å². The van der Waals surface area contributed by atoms with E-state index in [-0.39, 0.29) is 11.5 Å². The third-order valence-corrected chi connectivity index (χ3v) is 4.22. The van der Waals surface area contributed by atoms with Gasteiger partial charge in [0.1, 0.15) is 4.91 Å². The van der Waals surface area contributed by atoms with Gasteiger partial charge in [0.05, 0.1) is 11.5 Å². The lowest BCUT2D eigenvalue weighted by Crippen LogP contribution is -2.16. The number of esters is 1. The number of sulfone groups is 1. The molecular formula is C13H16O4S. The van der Waals surface area contributed by atoms with Gasteiger partial charge < -0.3 is 4.74 Å². The van der Waals surface area contributed by atoms with Crippen molar-refractivity contribution in [1.29, 1.82) is 0 Å². The topological polar surface area (TPSA) is 60.4 Å². The molecule has 1 rings (SSSR count). The number of hydrogen-bond donors (Lipinski definition) is 0. The van der Waals surface area contributed by atoms with Gasteiger partial charge in [-0.25, -0.2) is 13.2 Å². The Kier molecular flexibility index (Phi) is 4.67. The Morgan fingerprint density at radius 3 is 2.50 bits per heavy atom. The van der Waals surface area contributed by atoms with Crippen molar-refractivity contribution >= 4 is 15.8 Å². The number of rotatable bonds is 5. The molecule has 0 amide bonds. The third kappa shape index (κ3) is 2.98. The number of benzene rings is 1. The van der Waals surface area contributed by atoms with Gasteiger partial charge in [0, 0.05) is 0 Å². The maximum Gasteiger partial charge on any atom is 0.349 e. The van der Waals surface area contributed by atoms with Crippen LogP contribution in [0.2, 0.25) is 0 Å². The lowest BCUT2D eigenvalue weighted by Gasteiger charge is -2.09. The quantitative estimate of drug-likeness (QED) is 0.607. The van der Waals surface area contributed by atoms with Gasteiger partial charge in [0.15, 0.2) is 0 Å². The fourth-order valence-corrected chi connectivity index (χ4v) is 2.67. The summed E-state index contributed by atoms with van der Waals surface area (Å²) in [5.74, 6) is -0.889. The van der Waals surface area contributed by atoms with E-state index in [1.165, 1.54) is 6.07 Å². The van der Waals surface area contributed by atoms with Gasteiger partial charge in [-0.2, -0.15) is 0 Å². The minimum Gasteiger partial charge on any atom is -0.462 e. The van der Waals surface area contributed by atoms with Crippen LogP contribution in [0.4, 0.5) is 0 Å². The molecule has 0 aliphatic carbocycles. The summed E-state index contributed by atoms with van der Waals surface area (Å²) in [5, 5.41) is 0. The van der Waals surface area contributed by atoms with Crippen molar-refractivity contribution in [2.24, 2.45) is 0 Å². The maximum atomic E-state index is 12.2. The minimum absolute atomic E-state index is 0.0865. The van der Waals surface area contributed by atoms with Gasteiger partial charge in [-0.15, -0.1) is 0 Å². The molecule has 4 nitrogen and oxygen atoms in total. The second-order valence-corrected chi connectivity index (χ2v) is 5.77.